The summed E-state index contributed by atoms with van der Waals surface area (Å²) in [5.74, 6) is -0.171. The fraction of sp³-hybridized carbons (Fsp3) is 0.154. The van der Waals surface area contributed by atoms with E-state index in [1.807, 2.05) is 77.7 Å². The zero-order valence-corrected chi connectivity index (χ0v) is 17.8. The molecule has 1 saturated heterocycles. The Morgan fingerprint density at radius 3 is 2.16 bits per heavy atom. The summed E-state index contributed by atoms with van der Waals surface area (Å²) >= 11 is 0. The summed E-state index contributed by atoms with van der Waals surface area (Å²) in [5, 5.41) is 2.84. The number of nitrogen functional groups attached to an aromatic ring is 1. The van der Waals surface area contributed by atoms with Crippen LogP contribution in [0.3, 0.4) is 0 Å². The molecule has 1 heterocycles. The number of carbonyl (C=O) groups excluding carboxylic acids is 2. The van der Waals surface area contributed by atoms with E-state index >= 15 is 0 Å². The molecule has 3 N–H and O–H groups in total. The van der Waals surface area contributed by atoms with Gasteiger partial charge in [-0.1, -0.05) is 42.5 Å². The van der Waals surface area contributed by atoms with E-state index < -0.39 is 0 Å². The van der Waals surface area contributed by atoms with Gasteiger partial charge in [0.25, 0.3) is 5.91 Å². The number of piperazine rings is 1. The Bertz CT molecular complexity index is 1100. The Kier molecular flexibility index (Phi) is 6.51. The van der Waals surface area contributed by atoms with Crippen LogP contribution in [0.1, 0.15) is 15.9 Å². The highest BCUT2D eigenvalue weighted by atomic mass is 16.2. The van der Waals surface area contributed by atoms with Crippen molar-refractivity contribution in [2.45, 2.75) is 0 Å². The van der Waals surface area contributed by atoms with Crippen molar-refractivity contribution in [2.24, 2.45) is 0 Å². The predicted molar refractivity (Wildman–Crippen MR) is 130 cm³/mol. The van der Waals surface area contributed by atoms with Crippen LogP contribution in [0.15, 0.2) is 84.9 Å². The molecule has 0 aromatic heterocycles. The van der Waals surface area contributed by atoms with Gasteiger partial charge in [0.15, 0.2) is 0 Å². The minimum Gasteiger partial charge on any atom is -0.397 e. The molecule has 3 aromatic rings. The molecule has 0 radical (unpaired) electrons. The number of benzene rings is 3. The van der Waals surface area contributed by atoms with E-state index in [2.05, 4.69) is 10.2 Å². The van der Waals surface area contributed by atoms with E-state index in [-0.39, 0.29) is 11.8 Å². The zero-order valence-electron chi connectivity index (χ0n) is 17.8. The molecule has 1 aliphatic rings. The summed E-state index contributed by atoms with van der Waals surface area (Å²) < 4.78 is 0. The Balaban J connectivity index is 1.31. The lowest BCUT2D eigenvalue weighted by Crippen LogP contribution is -2.48. The van der Waals surface area contributed by atoms with Crippen LogP contribution in [0.25, 0.3) is 6.08 Å². The molecule has 2 amide bonds. The molecule has 6 nitrogen and oxygen atoms in total. The summed E-state index contributed by atoms with van der Waals surface area (Å²) in [6.07, 6.45) is 3.49. The maximum absolute atomic E-state index is 12.5. The monoisotopic (exact) mass is 426 g/mol. The molecule has 0 aliphatic carbocycles. The minimum atomic E-state index is -0.199. The quantitative estimate of drug-likeness (QED) is 0.479. The van der Waals surface area contributed by atoms with E-state index in [0.717, 1.165) is 24.3 Å². The van der Waals surface area contributed by atoms with Gasteiger partial charge in [0.1, 0.15) is 0 Å². The molecular weight excluding hydrogens is 400 g/mol. The fourth-order valence-electron chi connectivity index (χ4n) is 3.65. The number of para-hydroxylation sites is 2. The van der Waals surface area contributed by atoms with E-state index in [1.54, 1.807) is 18.2 Å². The molecule has 3 aromatic carbocycles. The number of nitrogens with one attached hydrogen (secondary N) is 1. The summed E-state index contributed by atoms with van der Waals surface area (Å²) in [4.78, 5) is 29.1. The average molecular weight is 427 g/mol. The number of rotatable bonds is 5. The van der Waals surface area contributed by atoms with Gasteiger partial charge in [-0.05, 0) is 48.0 Å². The number of amides is 2. The fourth-order valence-corrected chi connectivity index (χ4v) is 3.65. The number of nitrogens with zero attached hydrogens (tertiary/aromatic N) is 2. The van der Waals surface area contributed by atoms with Gasteiger partial charge in [-0.3, -0.25) is 9.59 Å². The first-order chi connectivity index (χ1) is 15.6. The first-order valence-electron chi connectivity index (χ1n) is 10.6. The third kappa shape index (κ3) is 5.16. The first kappa shape index (κ1) is 21.2. The summed E-state index contributed by atoms with van der Waals surface area (Å²) in [7, 11) is 0. The van der Waals surface area contributed by atoms with Gasteiger partial charge in [-0.25, -0.2) is 0 Å². The standard InChI is InChI=1S/C26H26N4O2/c27-23-8-4-5-9-24(23)28-26(32)21-11-13-22(14-12-21)29-16-18-30(19-17-29)25(31)15-10-20-6-2-1-3-7-20/h1-15H,16-19,27H2,(H,28,32)/b15-10+. The third-order valence-electron chi connectivity index (χ3n) is 5.51. The van der Waals surface area contributed by atoms with Crippen molar-refractivity contribution in [1.29, 1.82) is 0 Å². The number of carbonyl (C=O) groups is 2. The highest BCUT2D eigenvalue weighted by Gasteiger charge is 2.20. The molecule has 1 fully saturated rings. The van der Waals surface area contributed by atoms with Gasteiger partial charge in [0, 0.05) is 43.5 Å². The van der Waals surface area contributed by atoms with Crippen molar-refractivity contribution in [3.63, 3.8) is 0 Å². The molecule has 4 rings (SSSR count). The lowest BCUT2D eigenvalue weighted by atomic mass is 10.1. The van der Waals surface area contributed by atoms with E-state index in [1.165, 1.54) is 0 Å². The van der Waals surface area contributed by atoms with Crippen molar-refractivity contribution in [3.8, 4) is 0 Å². The molecular formula is C26H26N4O2. The SMILES string of the molecule is Nc1ccccc1NC(=O)c1ccc(N2CCN(C(=O)/C=C/c3ccccc3)CC2)cc1. The molecule has 32 heavy (non-hydrogen) atoms. The second-order valence-corrected chi connectivity index (χ2v) is 7.64. The van der Waals surface area contributed by atoms with Crippen LogP contribution in [-0.4, -0.2) is 42.9 Å². The van der Waals surface area contributed by atoms with Crippen molar-refractivity contribution < 1.29 is 9.59 Å². The van der Waals surface area contributed by atoms with Gasteiger partial charge in [-0.2, -0.15) is 0 Å². The number of anilines is 3. The largest absolute Gasteiger partial charge is 0.397 e. The van der Waals surface area contributed by atoms with Gasteiger partial charge in [0.05, 0.1) is 11.4 Å². The smallest absolute Gasteiger partial charge is 0.255 e. The van der Waals surface area contributed by atoms with Crippen molar-refractivity contribution >= 4 is 35.0 Å². The highest BCUT2D eigenvalue weighted by molar-refractivity contribution is 6.05. The van der Waals surface area contributed by atoms with Crippen LogP contribution in [0.2, 0.25) is 0 Å². The van der Waals surface area contributed by atoms with Gasteiger partial charge < -0.3 is 20.9 Å². The van der Waals surface area contributed by atoms with Gasteiger partial charge in [0.2, 0.25) is 5.91 Å². The van der Waals surface area contributed by atoms with Crippen LogP contribution >= 0.6 is 0 Å². The zero-order chi connectivity index (χ0) is 22.3. The Morgan fingerprint density at radius 2 is 1.47 bits per heavy atom. The highest BCUT2D eigenvalue weighted by Crippen LogP contribution is 2.20. The second-order valence-electron chi connectivity index (χ2n) is 7.64. The van der Waals surface area contributed by atoms with E-state index in [9.17, 15) is 9.59 Å². The van der Waals surface area contributed by atoms with Crippen LogP contribution in [0.5, 0.6) is 0 Å². The maximum atomic E-state index is 12.5. The molecule has 162 valence electrons. The van der Waals surface area contributed by atoms with Crippen LogP contribution in [0, 0.1) is 0 Å². The minimum absolute atomic E-state index is 0.0284. The molecule has 6 heteroatoms. The van der Waals surface area contributed by atoms with E-state index in [4.69, 9.17) is 5.73 Å². The van der Waals surface area contributed by atoms with Crippen molar-refractivity contribution in [1.82, 2.24) is 4.90 Å². The molecule has 0 bridgehead atoms. The summed E-state index contributed by atoms with van der Waals surface area (Å²) in [6, 6.07) is 24.5. The lowest BCUT2D eigenvalue weighted by Gasteiger charge is -2.35. The molecule has 1 aliphatic heterocycles. The number of hydrogen-bond acceptors (Lipinski definition) is 4. The van der Waals surface area contributed by atoms with Crippen molar-refractivity contribution in [2.75, 3.05) is 42.1 Å². The maximum Gasteiger partial charge on any atom is 0.255 e. The average Bonchev–Trinajstić information content (AvgIpc) is 2.85. The van der Waals surface area contributed by atoms with Crippen LogP contribution in [-0.2, 0) is 4.79 Å². The topological polar surface area (TPSA) is 78.7 Å². The van der Waals surface area contributed by atoms with Gasteiger partial charge in [-0.15, -0.1) is 0 Å². The summed E-state index contributed by atoms with van der Waals surface area (Å²) in [6.45, 7) is 2.81. The van der Waals surface area contributed by atoms with Gasteiger partial charge >= 0.3 is 0 Å². The second kappa shape index (κ2) is 9.83. The molecule has 0 spiro atoms. The lowest BCUT2D eigenvalue weighted by molar-refractivity contribution is -0.126. The molecule has 0 saturated carbocycles. The molecule has 0 atom stereocenters. The van der Waals surface area contributed by atoms with Crippen molar-refractivity contribution in [3.05, 3.63) is 96.1 Å². The van der Waals surface area contributed by atoms with Crippen LogP contribution in [0.4, 0.5) is 17.1 Å². The van der Waals surface area contributed by atoms with E-state index in [0.29, 0.717) is 30.0 Å². The van der Waals surface area contributed by atoms with Crippen LogP contribution < -0.4 is 16.0 Å². The Labute approximate surface area is 188 Å². The Morgan fingerprint density at radius 1 is 0.812 bits per heavy atom. The third-order valence-corrected chi connectivity index (χ3v) is 5.51. The molecule has 0 unspecified atom stereocenters. The Hall–Kier alpha value is -4.06. The predicted octanol–water partition coefficient (Wildman–Crippen LogP) is 3.88. The first-order valence-corrected chi connectivity index (χ1v) is 10.6. The number of nitrogens with two attached hydrogens (primary N) is 1. The summed E-state index contributed by atoms with van der Waals surface area (Å²) in [5.41, 5.74) is 9.64. The normalized spacial score (nSPS) is 13.9. The number of hydrogen-bond donors (Lipinski definition) is 2.